The van der Waals surface area contributed by atoms with Crippen LogP contribution >= 0.6 is 0 Å². The number of nitrogens with one attached hydrogen (secondary N) is 1. The van der Waals surface area contributed by atoms with Gasteiger partial charge in [0.25, 0.3) is 0 Å². The maximum Gasteiger partial charge on any atom is 0.305 e. The van der Waals surface area contributed by atoms with E-state index in [-0.39, 0.29) is 18.5 Å². The summed E-state index contributed by atoms with van der Waals surface area (Å²) in [5, 5.41) is 23.4. The average Bonchev–Trinajstić information content (AvgIpc) is 3.45. The lowest BCUT2D eigenvalue weighted by Crippen LogP contribution is -2.45. The number of carbonyl (C=O) groups is 2. The largest absolute Gasteiger partial charge is 0.466 e. The summed E-state index contributed by atoms with van der Waals surface area (Å²) in [5.41, 5.74) is 0. The molecule has 2 atom stereocenters. The zero-order valence-electron chi connectivity index (χ0n) is 53.9. The lowest BCUT2D eigenvalue weighted by Gasteiger charge is -2.22. The van der Waals surface area contributed by atoms with Gasteiger partial charge in [-0.3, -0.25) is 9.59 Å². The van der Waals surface area contributed by atoms with Crippen molar-refractivity contribution in [3.63, 3.8) is 0 Å². The van der Waals surface area contributed by atoms with Gasteiger partial charge in [-0.1, -0.05) is 366 Å². The van der Waals surface area contributed by atoms with E-state index in [2.05, 4.69) is 31.3 Å². The highest BCUT2D eigenvalue weighted by molar-refractivity contribution is 5.76. The van der Waals surface area contributed by atoms with E-state index < -0.39 is 12.1 Å². The SMILES string of the molecule is CCCCCCCC/C=C\CCCCCCCC(=O)OCCCCCCCCCCCCCCCCCCCCCCCCCCCCCCCCCC(=O)NC(CO)C(O)CCCCCCCCCCCCCCCCCC. The first-order chi connectivity index (χ1) is 39.0. The number of amides is 1. The number of hydrogen-bond acceptors (Lipinski definition) is 5. The van der Waals surface area contributed by atoms with Crippen LogP contribution in [0.3, 0.4) is 0 Å². The van der Waals surface area contributed by atoms with Crippen molar-refractivity contribution in [3.05, 3.63) is 12.2 Å². The number of allylic oxidation sites excluding steroid dienone is 2. The standard InChI is InChI=1S/C73H143NO5/c1-3-5-7-9-11-13-15-17-19-38-41-45-49-53-57-61-65-71(76)70(69-75)74-72(77)66-62-58-54-50-46-42-39-35-33-31-29-27-25-23-21-20-22-24-26-28-30-32-34-36-40-44-48-52-56-60-64-68-79-73(78)67-63-59-55-51-47-43-37-18-16-14-12-10-8-6-4-2/h18,37,70-71,75-76H,3-17,19-36,38-69H2,1-2H3,(H,74,77)/b37-18-. The highest BCUT2D eigenvalue weighted by Gasteiger charge is 2.20. The zero-order valence-corrected chi connectivity index (χ0v) is 53.9. The number of hydrogen-bond donors (Lipinski definition) is 3. The summed E-state index contributed by atoms with van der Waals surface area (Å²) in [6.45, 7) is 4.99. The number of rotatable bonds is 69. The molecule has 0 aromatic heterocycles. The number of esters is 1. The Morgan fingerprint density at radius 1 is 0.342 bits per heavy atom. The third-order valence-electron chi connectivity index (χ3n) is 17.3. The van der Waals surface area contributed by atoms with Gasteiger partial charge >= 0.3 is 5.97 Å². The van der Waals surface area contributed by atoms with Crippen molar-refractivity contribution in [2.45, 2.75) is 431 Å². The first kappa shape index (κ1) is 77.6. The van der Waals surface area contributed by atoms with Crippen molar-refractivity contribution in [1.82, 2.24) is 5.32 Å². The number of aliphatic hydroxyl groups excluding tert-OH is 2. The highest BCUT2D eigenvalue weighted by Crippen LogP contribution is 2.20. The van der Waals surface area contributed by atoms with E-state index in [0.717, 1.165) is 44.9 Å². The molecular weight excluding hydrogens is 971 g/mol. The van der Waals surface area contributed by atoms with E-state index in [1.165, 1.54) is 340 Å². The van der Waals surface area contributed by atoms with Crippen LogP contribution in [0.4, 0.5) is 0 Å². The van der Waals surface area contributed by atoms with Gasteiger partial charge in [-0.25, -0.2) is 0 Å². The molecule has 0 aliphatic heterocycles. The molecule has 0 heterocycles. The van der Waals surface area contributed by atoms with Crippen LogP contribution in [0.1, 0.15) is 418 Å². The van der Waals surface area contributed by atoms with Gasteiger partial charge in [-0.05, 0) is 51.4 Å². The molecular formula is C73H143NO5. The zero-order chi connectivity index (χ0) is 57.1. The maximum atomic E-state index is 12.5. The van der Waals surface area contributed by atoms with Gasteiger partial charge < -0.3 is 20.3 Å². The van der Waals surface area contributed by atoms with E-state index in [4.69, 9.17) is 4.74 Å². The van der Waals surface area contributed by atoms with Crippen LogP contribution in [0.25, 0.3) is 0 Å². The quantitative estimate of drug-likeness (QED) is 0.0320. The molecule has 0 aliphatic carbocycles. The van der Waals surface area contributed by atoms with Crippen molar-refractivity contribution in [1.29, 1.82) is 0 Å². The summed E-state index contributed by atoms with van der Waals surface area (Å²) in [5.74, 6) is -0.0132. The second-order valence-electron chi connectivity index (χ2n) is 25.3. The smallest absolute Gasteiger partial charge is 0.305 e. The molecule has 0 spiro atoms. The summed E-state index contributed by atoms with van der Waals surface area (Å²) in [4.78, 5) is 24.6. The highest BCUT2D eigenvalue weighted by atomic mass is 16.5. The molecule has 0 radical (unpaired) electrons. The number of ether oxygens (including phenoxy) is 1. The molecule has 1 amide bonds. The Bertz CT molecular complexity index is 1190. The van der Waals surface area contributed by atoms with Gasteiger partial charge in [0, 0.05) is 12.8 Å². The first-order valence-corrected chi connectivity index (χ1v) is 36.4. The van der Waals surface area contributed by atoms with Gasteiger partial charge in [0.15, 0.2) is 0 Å². The summed E-state index contributed by atoms with van der Waals surface area (Å²) in [6, 6.07) is -0.537. The van der Waals surface area contributed by atoms with Crippen molar-refractivity contribution in [3.8, 4) is 0 Å². The third-order valence-corrected chi connectivity index (χ3v) is 17.3. The van der Waals surface area contributed by atoms with Gasteiger partial charge in [0.1, 0.15) is 0 Å². The molecule has 6 heteroatoms. The molecule has 2 unspecified atom stereocenters. The second-order valence-corrected chi connectivity index (χ2v) is 25.3. The topological polar surface area (TPSA) is 95.9 Å². The number of carbonyl (C=O) groups excluding carboxylic acids is 2. The summed E-state index contributed by atoms with van der Waals surface area (Å²) < 4.78 is 5.50. The molecule has 0 fully saturated rings. The maximum absolute atomic E-state index is 12.5. The van der Waals surface area contributed by atoms with E-state index in [9.17, 15) is 19.8 Å². The molecule has 0 aromatic carbocycles. The van der Waals surface area contributed by atoms with Crippen molar-refractivity contribution in [2.75, 3.05) is 13.2 Å². The predicted octanol–water partition coefficient (Wildman–Crippen LogP) is 23.5. The molecule has 0 saturated heterocycles. The molecule has 0 rings (SSSR count). The van der Waals surface area contributed by atoms with Crippen LogP contribution in [-0.2, 0) is 14.3 Å². The van der Waals surface area contributed by atoms with Crippen LogP contribution in [0.5, 0.6) is 0 Å². The summed E-state index contributed by atoms with van der Waals surface area (Å²) in [7, 11) is 0. The van der Waals surface area contributed by atoms with E-state index >= 15 is 0 Å². The van der Waals surface area contributed by atoms with Crippen LogP contribution in [0.2, 0.25) is 0 Å². The Morgan fingerprint density at radius 2 is 0.595 bits per heavy atom. The monoisotopic (exact) mass is 1110 g/mol. The number of aliphatic hydroxyl groups is 2. The average molecular weight is 1110 g/mol. The lowest BCUT2D eigenvalue weighted by molar-refractivity contribution is -0.143. The van der Waals surface area contributed by atoms with Crippen molar-refractivity contribution >= 4 is 11.9 Å². The minimum atomic E-state index is -0.661. The van der Waals surface area contributed by atoms with Gasteiger partial charge in [-0.2, -0.15) is 0 Å². The van der Waals surface area contributed by atoms with E-state index in [1.54, 1.807) is 0 Å². The van der Waals surface area contributed by atoms with Gasteiger partial charge in [0.2, 0.25) is 5.91 Å². The molecule has 3 N–H and O–H groups in total. The fourth-order valence-electron chi connectivity index (χ4n) is 11.8. The van der Waals surface area contributed by atoms with Crippen LogP contribution in [0.15, 0.2) is 12.2 Å². The Balaban J connectivity index is 3.31. The summed E-state index contributed by atoms with van der Waals surface area (Å²) >= 11 is 0. The van der Waals surface area contributed by atoms with Crippen LogP contribution < -0.4 is 5.32 Å². The fraction of sp³-hybridized carbons (Fsp3) is 0.945. The van der Waals surface area contributed by atoms with Crippen molar-refractivity contribution in [2.24, 2.45) is 0 Å². The lowest BCUT2D eigenvalue weighted by atomic mass is 10.0. The van der Waals surface area contributed by atoms with E-state index in [0.29, 0.717) is 25.9 Å². The number of unbranched alkanes of at least 4 members (excludes halogenated alkanes) is 56. The molecule has 0 aliphatic rings. The Morgan fingerprint density at radius 3 is 0.899 bits per heavy atom. The van der Waals surface area contributed by atoms with Gasteiger partial charge in [0.05, 0.1) is 25.4 Å². The first-order valence-electron chi connectivity index (χ1n) is 36.4. The Labute approximate surface area is 495 Å². The molecule has 0 saturated carbocycles. The minimum absolute atomic E-state index is 0.0137. The van der Waals surface area contributed by atoms with Crippen LogP contribution in [-0.4, -0.2) is 47.4 Å². The van der Waals surface area contributed by atoms with E-state index in [1.807, 2.05) is 0 Å². The molecule has 79 heavy (non-hydrogen) atoms. The predicted molar refractivity (Wildman–Crippen MR) is 347 cm³/mol. The molecule has 6 nitrogen and oxygen atoms in total. The van der Waals surface area contributed by atoms with Crippen LogP contribution in [0, 0.1) is 0 Å². The second kappa shape index (κ2) is 69.1. The Hall–Kier alpha value is -1.40. The fourth-order valence-corrected chi connectivity index (χ4v) is 11.8. The van der Waals surface area contributed by atoms with Gasteiger partial charge in [-0.15, -0.1) is 0 Å². The Kier molecular flexibility index (Phi) is 67.9. The minimum Gasteiger partial charge on any atom is -0.466 e. The molecule has 0 bridgehead atoms. The molecule has 470 valence electrons. The van der Waals surface area contributed by atoms with Crippen molar-refractivity contribution < 1.29 is 24.5 Å². The summed E-state index contributed by atoms with van der Waals surface area (Å²) in [6.07, 6.45) is 85.6. The molecule has 0 aromatic rings. The normalized spacial score (nSPS) is 12.5. The third kappa shape index (κ3) is 65.6.